The Labute approximate surface area is 153 Å². The quantitative estimate of drug-likeness (QED) is 0.521. The van der Waals surface area contributed by atoms with Gasteiger partial charge in [-0.1, -0.05) is 36.4 Å². The molecule has 0 aliphatic carbocycles. The molecule has 0 saturated carbocycles. The first-order chi connectivity index (χ1) is 13.1. The highest BCUT2D eigenvalue weighted by atomic mass is 16.2. The molecule has 0 unspecified atom stereocenters. The van der Waals surface area contributed by atoms with Gasteiger partial charge in [-0.05, 0) is 35.0 Å². The van der Waals surface area contributed by atoms with Gasteiger partial charge in [0.05, 0.1) is 6.42 Å². The van der Waals surface area contributed by atoms with Crippen LogP contribution in [0.5, 0.6) is 0 Å². The van der Waals surface area contributed by atoms with E-state index in [4.69, 9.17) is 0 Å². The first-order valence-corrected chi connectivity index (χ1v) is 8.59. The number of carbonyl (C=O) groups excluding carboxylic acids is 1. The molecule has 2 aromatic carbocycles. The van der Waals surface area contributed by atoms with E-state index in [0.29, 0.717) is 16.6 Å². The number of amides is 1. The number of pyridine rings is 2. The number of benzene rings is 2. The van der Waals surface area contributed by atoms with Gasteiger partial charge in [0.15, 0.2) is 0 Å². The molecule has 6 nitrogen and oxygen atoms in total. The highest BCUT2D eigenvalue weighted by Gasteiger charge is 2.09. The van der Waals surface area contributed by atoms with Crippen molar-refractivity contribution in [2.45, 2.75) is 13.0 Å². The van der Waals surface area contributed by atoms with E-state index in [0.717, 1.165) is 16.3 Å². The number of H-pyrrole nitrogens is 2. The molecule has 0 saturated heterocycles. The number of hydrogen-bond acceptors (Lipinski definition) is 3. The third kappa shape index (κ3) is 3.50. The van der Waals surface area contributed by atoms with Crippen molar-refractivity contribution in [2.75, 3.05) is 0 Å². The van der Waals surface area contributed by atoms with Crippen LogP contribution in [-0.4, -0.2) is 15.9 Å². The zero-order valence-corrected chi connectivity index (χ0v) is 14.4. The second kappa shape index (κ2) is 6.92. The van der Waals surface area contributed by atoms with Crippen molar-refractivity contribution in [1.29, 1.82) is 0 Å². The van der Waals surface area contributed by atoms with Crippen molar-refractivity contribution in [3.05, 3.63) is 92.6 Å². The van der Waals surface area contributed by atoms with Crippen LogP contribution in [0, 0.1) is 0 Å². The van der Waals surface area contributed by atoms with Gasteiger partial charge in [-0.3, -0.25) is 14.4 Å². The number of rotatable bonds is 4. The molecular formula is C21H17N3O3. The molecule has 27 heavy (non-hydrogen) atoms. The molecule has 2 heterocycles. The summed E-state index contributed by atoms with van der Waals surface area (Å²) >= 11 is 0. The Bertz CT molecular complexity index is 1270. The molecule has 134 valence electrons. The van der Waals surface area contributed by atoms with Crippen molar-refractivity contribution < 1.29 is 4.79 Å². The van der Waals surface area contributed by atoms with Crippen LogP contribution in [0.25, 0.3) is 21.7 Å². The summed E-state index contributed by atoms with van der Waals surface area (Å²) in [6.07, 6.45) is 0.0333. The maximum Gasteiger partial charge on any atom is 0.256 e. The minimum atomic E-state index is -0.270. The number of fused-ring (bicyclic) bond motifs is 2. The smallest absolute Gasteiger partial charge is 0.256 e. The van der Waals surface area contributed by atoms with Gasteiger partial charge >= 0.3 is 0 Å². The second-order valence-electron chi connectivity index (χ2n) is 6.38. The summed E-state index contributed by atoms with van der Waals surface area (Å²) in [5.41, 5.74) is 1.32. The fourth-order valence-electron chi connectivity index (χ4n) is 3.11. The molecule has 4 aromatic rings. The van der Waals surface area contributed by atoms with E-state index >= 15 is 0 Å². The van der Waals surface area contributed by atoms with Crippen LogP contribution >= 0.6 is 0 Å². The number of aromatic amines is 2. The maximum absolute atomic E-state index is 12.3. The molecule has 0 bridgehead atoms. The summed E-state index contributed by atoms with van der Waals surface area (Å²) < 4.78 is 0. The van der Waals surface area contributed by atoms with Crippen molar-refractivity contribution in [2.24, 2.45) is 0 Å². The minimum Gasteiger partial charge on any atom is -0.351 e. The van der Waals surface area contributed by atoms with Gasteiger partial charge in [0.1, 0.15) is 0 Å². The minimum absolute atomic E-state index is 0.0333. The predicted octanol–water partition coefficient (Wildman–Crippen LogP) is 2.23. The van der Waals surface area contributed by atoms with Crippen LogP contribution in [-0.2, 0) is 17.8 Å². The van der Waals surface area contributed by atoms with Gasteiger partial charge in [0.25, 0.3) is 11.1 Å². The number of hydrogen-bond donors (Lipinski definition) is 3. The van der Waals surface area contributed by atoms with Gasteiger partial charge < -0.3 is 15.3 Å². The normalized spacial score (nSPS) is 11.0. The first-order valence-electron chi connectivity index (χ1n) is 8.59. The first kappa shape index (κ1) is 16.8. The molecule has 0 aliphatic rings. The second-order valence-corrected chi connectivity index (χ2v) is 6.38. The number of nitrogens with one attached hydrogen (secondary N) is 3. The van der Waals surface area contributed by atoms with E-state index in [2.05, 4.69) is 15.3 Å². The van der Waals surface area contributed by atoms with E-state index in [1.165, 1.54) is 0 Å². The Kier molecular flexibility index (Phi) is 4.30. The van der Waals surface area contributed by atoms with Gasteiger partial charge in [0, 0.05) is 28.7 Å². The van der Waals surface area contributed by atoms with Crippen molar-refractivity contribution in [3.63, 3.8) is 0 Å². The molecule has 1 amide bonds. The maximum atomic E-state index is 12.3. The summed E-state index contributed by atoms with van der Waals surface area (Å²) in [4.78, 5) is 42.0. The predicted molar refractivity (Wildman–Crippen MR) is 105 cm³/mol. The molecule has 3 N–H and O–H groups in total. The van der Waals surface area contributed by atoms with Crippen LogP contribution in [0.15, 0.2) is 70.3 Å². The lowest BCUT2D eigenvalue weighted by Gasteiger charge is -2.07. The zero-order valence-electron chi connectivity index (χ0n) is 14.4. The fourth-order valence-corrected chi connectivity index (χ4v) is 3.11. The number of aromatic nitrogens is 2. The van der Waals surface area contributed by atoms with Crippen LogP contribution in [0.3, 0.4) is 0 Å². The van der Waals surface area contributed by atoms with E-state index in [1.807, 2.05) is 36.4 Å². The summed E-state index contributed by atoms with van der Waals surface area (Å²) in [5.74, 6) is -0.270. The number of para-hydroxylation sites is 1. The SMILES string of the molecule is O=C(Cc1cc2ccccc2c(=O)[nH]1)NCc1cc2ccccc2[nH]c1=O. The summed E-state index contributed by atoms with van der Waals surface area (Å²) in [6, 6.07) is 18.2. The average molecular weight is 359 g/mol. The van der Waals surface area contributed by atoms with Gasteiger partial charge in [-0.25, -0.2) is 0 Å². The molecule has 0 aliphatic heterocycles. The summed E-state index contributed by atoms with van der Waals surface area (Å²) in [7, 11) is 0. The Morgan fingerprint density at radius 1 is 0.852 bits per heavy atom. The molecule has 0 spiro atoms. The Morgan fingerprint density at radius 2 is 1.59 bits per heavy atom. The van der Waals surface area contributed by atoms with Crippen LogP contribution < -0.4 is 16.4 Å². The molecule has 4 rings (SSSR count). The molecule has 2 aromatic heterocycles. The molecule has 0 atom stereocenters. The number of carbonyl (C=O) groups is 1. The lowest BCUT2D eigenvalue weighted by atomic mass is 10.1. The van der Waals surface area contributed by atoms with Gasteiger partial charge in [-0.2, -0.15) is 0 Å². The highest BCUT2D eigenvalue weighted by Crippen LogP contribution is 2.11. The average Bonchev–Trinajstić information content (AvgIpc) is 2.66. The largest absolute Gasteiger partial charge is 0.351 e. The Morgan fingerprint density at radius 3 is 2.44 bits per heavy atom. The monoisotopic (exact) mass is 359 g/mol. The standard InChI is InChI=1S/C21H17N3O3/c25-19(11-16-10-13-5-1-3-7-17(13)21(27)23-16)22-12-15-9-14-6-2-4-8-18(14)24-20(15)26/h1-10H,11-12H2,(H,22,25)(H,23,27)(H,24,26). The third-order valence-corrected chi connectivity index (χ3v) is 4.47. The topological polar surface area (TPSA) is 94.8 Å². The van der Waals surface area contributed by atoms with E-state index in [1.54, 1.807) is 24.3 Å². The van der Waals surface area contributed by atoms with Crippen molar-refractivity contribution >= 4 is 27.6 Å². The van der Waals surface area contributed by atoms with Crippen LogP contribution in [0.1, 0.15) is 11.3 Å². The summed E-state index contributed by atoms with van der Waals surface area (Å²) in [5, 5.41) is 5.02. The van der Waals surface area contributed by atoms with Gasteiger partial charge in [-0.15, -0.1) is 0 Å². The molecule has 0 radical (unpaired) electrons. The molecule has 0 fully saturated rings. The molecule has 6 heteroatoms. The Hall–Kier alpha value is -3.67. The molecular weight excluding hydrogens is 342 g/mol. The lowest BCUT2D eigenvalue weighted by Crippen LogP contribution is -2.28. The fraction of sp³-hybridized carbons (Fsp3) is 0.0952. The van der Waals surface area contributed by atoms with Crippen LogP contribution in [0.4, 0.5) is 0 Å². The van der Waals surface area contributed by atoms with Crippen LogP contribution in [0.2, 0.25) is 0 Å². The summed E-state index contributed by atoms with van der Waals surface area (Å²) in [6.45, 7) is 0.122. The zero-order chi connectivity index (χ0) is 18.8. The van der Waals surface area contributed by atoms with Crippen molar-refractivity contribution in [1.82, 2.24) is 15.3 Å². The third-order valence-electron chi connectivity index (χ3n) is 4.47. The Balaban J connectivity index is 1.50. The van der Waals surface area contributed by atoms with E-state index < -0.39 is 0 Å². The van der Waals surface area contributed by atoms with Gasteiger partial charge in [0.2, 0.25) is 5.91 Å². The lowest BCUT2D eigenvalue weighted by molar-refractivity contribution is -0.120. The van der Waals surface area contributed by atoms with Crippen molar-refractivity contribution in [3.8, 4) is 0 Å². The van der Waals surface area contributed by atoms with E-state index in [-0.39, 0.29) is 30.0 Å². The van der Waals surface area contributed by atoms with E-state index in [9.17, 15) is 14.4 Å². The highest BCUT2D eigenvalue weighted by molar-refractivity contribution is 5.84.